The SMILES string of the molecule is CC(C)=CC(=O)N(C)CC(=O)Nc1c(Cl)cccc1Cl. The lowest BCUT2D eigenvalue weighted by Gasteiger charge is -2.16. The fraction of sp³-hybridized carbons (Fsp3) is 0.286. The Morgan fingerprint density at radius 2 is 1.80 bits per heavy atom. The molecule has 1 aromatic carbocycles. The normalized spacial score (nSPS) is 9.85. The second kappa shape index (κ2) is 7.31. The Morgan fingerprint density at radius 1 is 1.25 bits per heavy atom. The van der Waals surface area contributed by atoms with E-state index in [2.05, 4.69) is 5.32 Å². The van der Waals surface area contributed by atoms with Crippen LogP contribution in [0.15, 0.2) is 29.8 Å². The van der Waals surface area contributed by atoms with Gasteiger partial charge in [0.25, 0.3) is 0 Å². The molecule has 0 aliphatic carbocycles. The maximum Gasteiger partial charge on any atom is 0.246 e. The van der Waals surface area contributed by atoms with Crippen LogP contribution in [-0.2, 0) is 9.59 Å². The van der Waals surface area contributed by atoms with Gasteiger partial charge in [0.05, 0.1) is 22.3 Å². The Morgan fingerprint density at radius 3 is 2.30 bits per heavy atom. The van der Waals surface area contributed by atoms with E-state index in [1.54, 1.807) is 25.2 Å². The van der Waals surface area contributed by atoms with Gasteiger partial charge in [0.15, 0.2) is 0 Å². The molecular weight excluding hydrogens is 299 g/mol. The van der Waals surface area contributed by atoms with Crippen LogP contribution in [0.4, 0.5) is 5.69 Å². The topological polar surface area (TPSA) is 49.4 Å². The number of hydrogen-bond donors (Lipinski definition) is 1. The van der Waals surface area contributed by atoms with Gasteiger partial charge in [0.1, 0.15) is 0 Å². The number of amides is 2. The average Bonchev–Trinajstić information content (AvgIpc) is 2.33. The number of carbonyl (C=O) groups is 2. The van der Waals surface area contributed by atoms with Crippen molar-refractivity contribution in [1.82, 2.24) is 4.90 Å². The minimum Gasteiger partial charge on any atom is -0.333 e. The Kier molecular flexibility index (Phi) is 6.05. The van der Waals surface area contributed by atoms with Crippen molar-refractivity contribution >= 4 is 40.7 Å². The highest BCUT2D eigenvalue weighted by atomic mass is 35.5. The van der Waals surface area contributed by atoms with E-state index in [1.807, 2.05) is 13.8 Å². The number of hydrogen-bond acceptors (Lipinski definition) is 2. The Bertz CT molecular complexity index is 532. The van der Waals surface area contributed by atoms with Gasteiger partial charge in [0.2, 0.25) is 11.8 Å². The fourth-order valence-electron chi connectivity index (χ4n) is 1.45. The van der Waals surface area contributed by atoms with E-state index in [0.29, 0.717) is 15.7 Å². The predicted molar refractivity (Wildman–Crippen MR) is 82.2 cm³/mol. The van der Waals surface area contributed by atoms with Crippen molar-refractivity contribution in [3.63, 3.8) is 0 Å². The number of nitrogens with one attached hydrogen (secondary N) is 1. The third-order valence-corrected chi connectivity index (χ3v) is 3.03. The summed E-state index contributed by atoms with van der Waals surface area (Å²) >= 11 is 11.9. The molecule has 4 nitrogen and oxygen atoms in total. The number of carbonyl (C=O) groups excluding carboxylic acids is 2. The molecule has 108 valence electrons. The largest absolute Gasteiger partial charge is 0.333 e. The first-order valence-electron chi connectivity index (χ1n) is 5.95. The van der Waals surface area contributed by atoms with Gasteiger partial charge in [-0.3, -0.25) is 9.59 Å². The first-order valence-corrected chi connectivity index (χ1v) is 6.70. The number of likely N-dealkylation sites (N-methyl/N-ethyl adjacent to an activating group) is 1. The smallest absolute Gasteiger partial charge is 0.246 e. The summed E-state index contributed by atoms with van der Waals surface area (Å²) in [5.41, 5.74) is 1.22. The maximum atomic E-state index is 11.9. The molecule has 0 aliphatic rings. The quantitative estimate of drug-likeness (QED) is 0.866. The van der Waals surface area contributed by atoms with Crippen molar-refractivity contribution in [2.45, 2.75) is 13.8 Å². The average molecular weight is 315 g/mol. The first kappa shape index (κ1) is 16.5. The molecule has 0 unspecified atom stereocenters. The molecule has 1 N–H and O–H groups in total. The highest BCUT2D eigenvalue weighted by molar-refractivity contribution is 6.39. The summed E-state index contributed by atoms with van der Waals surface area (Å²) in [5, 5.41) is 3.30. The summed E-state index contributed by atoms with van der Waals surface area (Å²) in [6.45, 7) is 3.55. The molecule has 0 aliphatic heterocycles. The molecule has 0 atom stereocenters. The summed E-state index contributed by atoms with van der Waals surface area (Å²) < 4.78 is 0. The molecule has 1 rings (SSSR count). The van der Waals surface area contributed by atoms with E-state index >= 15 is 0 Å². The van der Waals surface area contributed by atoms with Crippen LogP contribution in [0.3, 0.4) is 0 Å². The van der Waals surface area contributed by atoms with Gasteiger partial charge in [-0.05, 0) is 26.0 Å². The number of halogens is 2. The minimum absolute atomic E-state index is 0.0792. The zero-order chi connectivity index (χ0) is 15.3. The Balaban J connectivity index is 2.69. The molecule has 2 amide bonds. The predicted octanol–water partition coefficient (Wildman–Crippen LogP) is 3.36. The number of anilines is 1. The second-order valence-corrected chi connectivity index (χ2v) is 5.38. The van der Waals surface area contributed by atoms with Crippen molar-refractivity contribution in [3.8, 4) is 0 Å². The zero-order valence-corrected chi connectivity index (χ0v) is 13.0. The summed E-state index contributed by atoms with van der Waals surface area (Å²) in [6.07, 6.45) is 1.47. The highest BCUT2D eigenvalue weighted by Gasteiger charge is 2.13. The number of rotatable bonds is 4. The molecule has 0 saturated carbocycles. The van der Waals surface area contributed by atoms with Gasteiger partial charge >= 0.3 is 0 Å². The van der Waals surface area contributed by atoms with Crippen LogP contribution in [0.5, 0.6) is 0 Å². The van der Waals surface area contributed by atoms with Gasteiger partial charge in [-0.2, -0.15) is 0 Å². The summed E-state index contributed by atoms with van der Waals surface area (Å²) in [4.78, 5) is 24.9. The van der Waals surface area contributed by atoms with Crippen LogP contribution < -0.4 is 5.32 Å². The zero-order valence-electron chi connectivity index (χ0n) is 11.5. The van der Waals surface area contributed by atoms with E-state index < -0.39 is 0 Å². The molecule has 20 heavy (non-hydrogen) atoms. The molecule has 6 heteroatoms. The van der Waals surface area contributed by atoms with E-state index in [1.165, 1.54) is 11.0 Å². The third-order valence-electron chi connectivity index (χ3n) is 2.40. The summed E-state index contributed by atoms with van der Waals surface area (Å²) in [7, 11) is 1.55. The Labute approximate surface area is 128 Å². The van der Waals surface area contributed by atoms with Gasteiger partial charge in [0, 0.05) is 13.1 Å². The van der Waals surface area contributed by atoms with Crippen molar-refractivity contribution in [2.75, 3.05) is 18.9 Å². The van der Waals surface area contributed by atoms with Crippen LogP contribution in [0.1, 0.15) is 13.8 Å². The van der Waals surface area contributed by atoms with Crippen LogP contribution in [0, 0.1) is 0 Å². The van der Waals surface area contributed by atoms with Gasteiger partial charge < -0.3 is 10.2 Å². The molecule has 1 aromatic rings. The van der Waals surface area contributed by atoms with E-state index in [0.717, 1.165) is 5.57 Å². The lowest BCUT2D eigenvalue weighted by molar-refractivity contribution is -0.129. The molecule has 0 heterocycles. The number of allylic oxidation sites excluding steroid dienone is 1. The Hall–Kier alpha value is -1.52. The third kappa shape index (κ3) is 4.87. The lowest BCUT2D eigenvalue weighted by Crippen LogP contribution is -2.34. The molecular formula is C14H16Cl2N2O2. The number of para-hydroxylation sites is 1. The summed E-state index contributed by atoms with van der Waals surface area (Å²) in [5.74, 6) is -0.594. The number of nitrogens with zero attached hydrogens (tertiary/aromatic N) is 1. The fourth-order valence-corrected chi connectivity index (χ4v) is 1.94. The van der Waals surface area contributed by atoms with Crippen LogP contribution in [0.25, 0.3) is 0 Å². The molecule has 0 bridgehead atoms. The molecule has 0 aromatic heterocycles. The van der Waals surface area contributed by atoms with Crippen LogP contribution in [0.2, 0.25) is 10.0 Å². The van der Waals surface area contributed by atoms with Gasteiger partial charge in [-0.15, -0.1) is 0 Å². The van der Waals surface area contributed by atoms with Gasteiger partial charge in [-0.25, -0.2) is 0 Å². The van der Waals surface area contributed by atoms with Crippen molar-refractivity contribution in [2.24, 2.45) is 0 Å². The van der Waals surface area contributed by atoms with Crippen molar-refractivity contribution in [1.29, 1.82) is 0 Å². The van der Waals surface area contributed by atoms with E-state index in [4.69, 9.17) is 23.2 Å². The van der Waals surface area contributed by atoms with Crippen molar-refractivity contribution in [3.05, 3.63) is 39.9 Å². The lowest BCUT2D eigenvalue weighted by atomic mass is 10.3. The minimum atomic E-state index is -0.363. The number of benzene rings is 1. The molecule has 0 fully saturated rings. The van der Waals surface area contributed by atoms with Crippen molar-refractivity contribution < 1.29 is 9.59 Å². The second-order valence-electron chi connectivity index (χ2n) is 4.56. The van der Waals surface area contributed by atoms with Crippen LogP contribution >= 0.6 is 23.2 Å². The molecule has 0 spiro atoms. The monoisotopic (exact) mass is 314 g/mol. The highest BCUT2D eigenvalue weighted by Crippen LogP contribution is 2.29. The van der Waals surface area contributed by atoms with E-state index in [9.17, 15) is 9.59 Å². The maximum absolute atomic E-state index is 11.9. The van der Waals surface area contributed by atoms with Crippen LogP contribution in [-0.4, -0.2) is 30.3 Å². The first-order chi connectivity index (χ1) is 9.31. The molecule has 0 saturated heterocycles. The molecule has 0 radical (unpaired) electrons. The summed E-state index contributed by atoms with van der Waals surface area (Å²) in [6, 6.07) is 4.94. The van der Waals surface area contributed by atoms with E-state index in [-0.39, 0.29) is 18.4 Å². The van der Waals surface area contributed by atoms with Gasteiger partial charge in [-0.1, -0.05) is 34.8 Å². The standard InChI is InChI=1S/C14H16Cl2N2O2/c1-9(2)7-13(20)18(3)8-12(19)17-14-10(15)5-4-6-11(14)16/h4-7H,8H2,1-3H3,(H,17,19).